The second-order valence-corrected chi connectivity index (χ2v) is 3.66. The molecule has 3 nitrogen and oxygen atoms in total. The van der Waals surface area contributed by atoms with Crippen molar-refractivity contribution in [1.29, 1.82) is 0 Å². The Hall–Kier alpha value is -2.03. The van der Waals surface area contributed by atoms with E-state index in [0.717, 1.165) is 5.56 Å². The minimum absolute atomic E-state index is 0.332. The van der Waals surface area contributed by atoms with Crippen molar-refractivity contribution in [2.45, 2.75) is 6.92 Å². The van der Waals surface area contributed by atoms with Gasteiger partial charge in [-0.2, -0.15) is 0 Å². The van der Waals surface area contributed by atoms with E-state index < -0.39 is 0 Å². The Morgan fingerprint density at radius 2 is 1.94 bits per heavy atom. The molecule has 1 aromatic carbocycles. The first kappa shape index (κ1) is 10.5. The number of rotatable bonds is 2. The summed E-state index contributed by atoms with van der Waals surface area (Å²) in [4.78, 5) is 11.8. The van der Waals surface area contributed by atoms with Crippen molar-refractivity contribution in [3.8, 4) is 5.75 Å². The standard InChI is InChI=1S/C13H13NO2/c1-10-6-3-4-8-12(10)16-13(15)11-7-5-9-14(11)2/h3-9H,1-2H3. The number of carbonyl (C=O) groups excluding carboxylic acids is 1. The van der Waals surface area contributed by atoms with E-state index in [-0.39, 0.29) is 5.97 Å². The van der Waals surface area contributed by atoms with E-state index in [1.807, 2.05) is 44.4 Å². The first-order valence-electron chi connectivity index (χ1n) is 5.07. The third kappa shape index (κ3) is 1.98. The average Bonchev–Trinajstić information content (AvgIpc) is 2.68. The monoisotopic (exact) mass is 215 g/mol. The molecule has 1 heterocycles. The first-order valence-corrected chi connectivity index (χ1v) is 5.07. The molecule has 16 heavy (non-hydrogen) atoms. The maximum Gasteiger partial charge on any atom is 0.360 e. The molecule has 0 amide bonds. The molecule has 0 saturated carbocycles. The number of nitrogens with zero attached hydrogens (tertiary/aromatic N) is 1. The summed E-state index contributed by atoms with van der Waals surface area (Å²) in [5.41, 5.74) is 1.49. The van der Waals surface area contributed by atoms with Crippen LogP contribution in [0.1, 0.15) is 16.1 Å². The van der Waals surface area contributed by atoms with Gasteiger partial charge in [0.05, 0.1) is 0 Å². The zero-order chi connectivity index (χ0) is 11.5. The van der Waals surface area contributed by atoms with Gasteiger partial charge >= 0.3 is 5.97 Å². The predicted octanol–water partition coefficient (Wildman–Crippen LogP) is 2.55. The number of ether oxygens (including phenoxy) is 1. The summed E-state index contributed by atoms with van der Waals surface area (Å²) in [5.74, 6) is 0.274. The van der Waals surface area contributed by atoms with Gasteiger partial charge in [-0.15, -0.1) is 0 Å². The molecule has 2 rings (SSSR count). The van der Waals surface area contributed by atoms with Crippen LogP contribution in [0.2, 0.25) is 0 Å². The normalized spacial score (nSPS) is 10.1. The Bertz CT molecular complexity index is 514. The lowest BCUT2D eigenvalue weighted by atomic mass is 10.2. The lowest BCUT2D eigenvalue weighted by molar-refractivity contribution is 0.0723. The highest BCUT2D eigenvalue weighted by molar-refractivity contribution is 5.89. The molecule has 0 unspecified atom stereocenters. The fourth-order valence-corrected chi connectivity index (χ4v) is 1.50. The predicted molar refractivity (Wildman–Crippen MR) is 61.6 cm³/mol. The summed E-state index contributed by atoms with van der Waals surface area (Å²) < 4.78 is 7.05. The Labute approximate surface area is 94.3 Å². The van der Waals surface area contributed by atoms with E-state index >= 15 is 0 Å². The molecule has 0 bridgehead atoms. The molecule has 0 fully saturated rings. The van der Waals surface area contributed by atoms with Crippen molar-refractivity contribution in [3.63, 3.8) is 0 Å². The SMILES string of the molecule is Cc1ccccc1OC(=O)c1cccn1C. The number of benzene rings is 1. The van der Waals surface area contributed by atoms with E-state index in [1.165, 1.54) is 0 Å². The molecular weight excluding hydrogens is 202 g/mol. The second-order valence-electron chi connectivity index (χ2n) is 3.66. The van der Waals surface area contributed by atoms with Gasteiger partial charge in [0.2, 0.25) is 0 Å². The van der Waals surface area contributed by atoms with Crippen molar-refractivity contribution < 1.29 is 9.53 Å². The third-order valence-electron chi connectivity index (χ3n) is 2.45. The van der Waals surface area contributed by atoms with Crippen LogP contribution in [-0.2, 0) is 7.05 Å². The van der Waals surface area contributed by atoms with Gasteiger partial charge in [-0.05, 0) is 30.7 Å². The maximum atomic E-state index is 11.8. The van der Waals surface area contributed by atoms with E-state index in [2.05, 4.69) is 0 Å². The molecule has 2 aromatic rings. The Morgan fingerprint density at radius 3 is 2.56 bits per heavy atom. The molecule has 0 radical (unpaired) electrons. The van der Waals surface area contributed by atoms with Crippen molar-refractivity contribution in [1.82, 2.24) is 4.57 Å². The molecule has 0 spiro atoms. The summed E-state index contributed by atoms with van der Waals surface area (Å²) in [5, 5.41) is 0. The summed E-state index contributed by atoms with van der Waals surface area (Å²) in [7, 11) is 1.81. The number of carbonyl (C=O) groups is 1. The molecule has 0 saturated heterocycles. The van der Waals surface area contributed by atoms with Crippen LogP contribution < -0.4 is 4.74 Å². The van der Waals surface area contributed by atoms with Crippen molar-refractivity contribution in [2.24, 2.45) is 7.05 Å². The second kappa shape index (κ2) is 4.23. The topological polar surface area (TPSA) is 31.2 Å². The smallest absolute Gasteiger partial charge is 0.360 e. The molecule has 0 N–H and O–H groups in total. The minimum Gasteiger partial charge on any atom is -0.422 e. The van der Waals surface area contributed by atoms with Crippen LogP contribution in [0.15, 0.2) is 42.6 Å². The summed E-state index contributed by atoms with van der Waals surface area (Å²) in [6.07, 6.45) is 1.81. The molecule has 3 heteroatoms. The van der Waals surface area contributed by atoms with Gasteiger partial charge in [-0.3, -0.25) is 0 Å². The van der Waals surface area contributed by atoms with Crippen LogP contribution in [0.5, 0.6) is 5.75 Å². The van der Waals surface area contributed by atoms with Gasteiger partial charge in [-0.25, -0.2) is 4.79 Å². The van der Waals surface area contributed by atoms with Crippen LogP contribution in [0.25, 0.3) is 0 Å². The van der Waals surface area contributed by atoms with Crippen LogP contribution >= 0.6 is 0 Å². The summed E-state index contributed by atoms with van der Waals surface area (Å²) in [6, 6.07) is 11.0. The van der Waals surface area contributed by atoms with Crippen LogP contribution in [0, 0.1) is 6.92 Å². The Kier molecular flexibility index (Phi) is 2.77. The third-order valence-corrected chi connectivity index (χ3v) is 2.45. The molecule has 82 valence electrons. The zero-order valence-corrected chi connectivity index (χ0v) is 9.31. The highest BCUT2D eigenvalue weighted by Gasteiger charge is 2.12. The number of aromatic nitrogens is 1. The molecule has 0 atom stereocenters. The first-order chi connectivity index (χ1) is 7.68. The lowest BCUT2D eigenvalue weighted by Gasteiger charge is -2.07. The molecular formula is C13H13NO2. The van der Waals surface area contributed by atoms with Crippen molar-refractivity contribution in [3.05, 3.63) is 53.9 Å². The van der Waals surface area contributed by atoms with E-state index in [9.17, 15) is 4.79 Å². The summed E-state index contributed by atoms with van der Waals surface area (Å²) in [6.45, 7) is 1.91. The number of hydrogen-bond donors (Lipinski definition) is 0. The highest BCUT2D eigenvalue weighted by atomic mass is 16.5. The van der Waals surface area contributed by atoms with E-state index in [0.29, 0.717) is 11.4 Å². The number of para-hydroxylation sites is 1. The summed E-state index contributed by atoms with van der Waals surface area (Å²) >= 11 is 0. The molecule has 0 aliphatic heterocycles. The fourth-order valence-electron chi connectivity index (χ4n) is 1.50. The Morgan fingerprint density at radius 1 is 1.19 bits per heavy atom. The maximum absolute atomic E-state index is 11.8. The van der Waals surface area contributed by atoms with Gasteiger partial charge in [-0.1, -0.05) is 18.2 Å². The van der Waals surface area contributed by atoms with Crippen LogP contribution in [0.3, 0.4) is 0 Å². The zero-order valence-electron chi connectivity index (χ0n) is 9.31. The van der Waals surface area contributed by atoms with Crippen molar-refractivity contribution >= 4 is 5.97 Å². The molecule has 1 aromatic heterocycles. The number of aryl methyl sites for hydroxylation is 2. The number of esters is 1. The quantitative estimate of drug-likeness (QED) is 0.569. The molecule has 0 aliphatic rings. The van der Waals surface area contributed by atoms with Crippen LogP contribution in [-0.4, -0.2) is 10.5 Å². The van der Waals surface area contributed by atoms with E-state index in [1.54, 1.807) is 16.7 Å². The van der Waals surface area contributed by atoms with Gasteiger partial charge in [0, 0.05) is 13.2 Å². The average molecular weight is 215 g/mol. The minimum atomic E-state index is -0.332. The highest BCUT2D eigenvalue weighted by Crippen LogP contribution is 2.17. The van der Waals surface area contributed by atoms with E-state index in [4.69, 9.17) is 4.74 Å². The molecule has 0 aliphatic carbocycles. The van der Waals surface area contributed by atoms with Gasteiger partial charge in [0.25, 0.3) is 0 Å². The Balaban J connectivity index is 2.21. The van der Waals surface area contributed by atoms with Gasteiger partial charge in [0.1, 0.15) is 11.4 Å². The largest absolute Gasteiger partial charge is 0.422 e. The van der Waals surface area contributed by atoms with Gasteiger partial charge < -0.3 is 9.30 Å². The number of hydrogen-bond acceptors (Lipinski definition) is 2. The van der Waals surface area contributed by atoms with Crippen LogP contribution in [0.4, 0.5) is 0 Å². The van der Waals surface area contributed by atoms with Gasteiger partial charge in [0.15, 0.2) is 0 Å². The van der Waals surface area contributed by atoms with Crippen molar-refractivity contribution in [2.75, 3.05) is 0 Å². The fraction of sp³-hybridized carbons (Fsp3) is 0.154. The lowest BCUT2D eigenvalue weighted by Crippen LogP contribution is -2.12.